The molecule has 1 aliphatic heterocycles. The molecule has 0 atom stereocenters. The molecule has 0 spiro atoms. The number of benzene rings is 1. The third-order valence-corrected chi connectivity index (χ3v) is 5.00. The van der Waals surface area contributed by atoms with Crippen LogP contribution in [0.3, 0.4) is 0 Å². The summed E-state index contributed by atoms with van der Waals surface area (Å²) >= 11 is 3.51. The molecular weight excluding hydrogens is 341 g/mol. The second kappa shape index (κ2) is 6.48. The van der Waals surface area contributed by atoms with E-state index in [2.05, 4.69) is 80.1 Å². The van der Waals surface area contributed by atoms with Crippen LogP contribution in [0.4, 0.5) is 0 Å². The van der Waals surface area contributed by atoms with Gasteiger partial charge in [-0.3, -0.25) is 0 Å². The molecule has 120 valence electrons. The number of halogens is 1. The molecule has 1 saturated heterocycles. The number of rotatable bonds is 4. The molecule has 0 amide bonds. The summed E-state index contributed by atoms with van der Waals surface area (Å²) in [5, 5.41) is 3.21. The topological polar surface area (TPSA) is 30.5 Å². The Morgan fingerprint density at radius 2 is 1.82 bits per heavy atom. The zero-order valence-electron chi connectivity index (χ0n) is 14.3. The molecule has 1 N–H and O–H groups in total. The predicted molar refractivity (Wildman–Crippen MR) is 96.9 cm³/mol. The lowest BCUT2D eigenvalue weighted by atomic mass is 9.76. The van der Waals surface area contributed by atoms with Gasteiger partial charge in [-0.25, -0.2) is 0 Å². The maximum absolute atomic E-state index is 6.17. The molecule has 0 bridgehead atoms. The maximum atomic E-state index is 6.17. The summed E-state index contributed by atoms with van der Waals surface area (Å²) in [5.74, 6) is 0. The van der Waals surface area contributed by atoms with E-state index in [0.717, 1.165) is 16.5 Å². The van der Waals surface area contributed by atoms with Crippen molar-refractivity contribution in [1.82, 2.24) is 5.32 Å². The highest BCUT2D eigenvalue weighted by atomic mass is 79.9. The zero-order chi connectivity index (χ0) is 16.5. The fourth-order valence-electron chi connectivity index (χ4n) is 2.40. The van der Waals surface area contributed by atoms with E-state index >= 15 is 0 Å². The van der Waals surface area contributed by atoms with E-state index in [-0.39, 0.29) is 18.3 Å². The van der Waals surface area contributed by atoms with Crippen LogP contribution < -0.4 is 5.32 Å². The van der Waals surface area contributed by atoms with E-state index in [9.17, 15) is 0 Å². The first-order valence-electron chi connectivity index (χ1n) is 7.63. The van der Waals surface area contributed by atoms with Gasteiger partial charge in [0.05, 0.1) is 11.2 Å². The summed E-state index contributed by atoms with van der Waals surface area (Å²) in [5.41, 5.74) is 2.87. The van der Waals surface area contributed by atoms with Crippen LogP contribution in [0.1, 0.15) is 38.8 Å². The molecule has 2 rings (SSSR count). The Morgan fingerprint density at radius 3 is 2.32 bits per heavy atom. The van der Waals surface area contributed by atoms with E-state index in [1.54, 1.807) is 0 Å². The van der Waals surface area contributed by atoms with Gasteiger partial charge in [-0.2, -0.15) is 0 Å². The molecule has 1 heterocycles. The monoisotopic (exact) mass is 365 g/mol. The SMILES string of the molecule is CNCC(=Cc1ccc(Br)cc1C)B1OC(C)(C)C(C)(C)O1. The lowest BCUT2D eigenvalue weighted by Crippen LogP contribution is -2.41. The molecule has 0 radical (unpaired) electrons. The third kappa shape index (κ3) is 3.65. The van der Waals surface area contributed by atoms with Crippen molar-refractivity contribution in [2.24, 2.45) is 0 Å². The molecule has 1 aromatic carbocycles. The average molecular weight is 366 g/mol. The molecule has 0 saturated carbocycles. The van der Waals surface area contributed by atoms with E-state index < -0.39 is 0 Å². The summed E-state index contributed by atoms with van der Waals surface area (Å²) in [6, 6.07) is 6.29. The Bertz CT molecular complexity index is 568. The standard InChI is InChI=1S/C17H25BBrNO2/c1-12-9-15(19)8-7-13(12)10-14(11-20-6)18-21-16(2,3)17(4,5)22-18/h7-10,20H,11H2,1-6H3. The van der Waals surface area contributed by atoms with Crippen molar-refractivity contribution < 1.29 is 9.31 Å². The molecule has 0 aliphatic carbocycles. The first-order chi connectivity index (χ1) is 10.2. The Morgan fingerprint density at radius 1 is 1.23 bits per heavy atom. The van der Waals surface area contributed by atoms with Crippen molar-refractivity contribution in [2.45, 2.75) is 45.8 Å². The normalized spacial score (nSPS) is 20.5. The summed E-state index contributed by atoms with van der Waals surface area (Å²) < 4.78 is 13.4. The quantitative estimate of drug-likeness (QED) is 0.818. The molecule has 1 fully saturated rings. The van der Waals surface area contributed by atoms with Crippen LogP contribution in [-0.4, -0.2) is 31.9 Å². The molecule has 3 nitrogen and oxygen atoms in total. The summed E-state index contributed by atoms with van der Waals surface area (Å²) in [6.45, 7) is 11.2. The lowest BCUT2D eigenvalue weighted by Gasteiger charge is -2.32. The maximum Gasteiger partial charge on any atom is 0.491 e. The minimum Gasteiger partial charge on any atom is -0.400 e. The molecule has 22 heavy (non-hydrogen) atoms. The van der Waals surface area contributed by atoms with Gasteiger partial charge in [-0.1, -0.05) is 28.1 Å². The van der Waals surface area contributed by atoms with E-state index in [4.69, 9.17) is 9.31 Å². The molecule has 1 aromatic rings. The minimum atomic E-state index is -0.320. The Kier molecular flexibility index (Phi) is 5.22. The third-order valence-electron chi connectivity index (χ3n) is 4.51. The smallest absolute Gasteiger partial charge is 0.400 e. The largest absolute Gasteiger partial charge is 0.491 e. The molecular formula is C17H25BBrNO2. The van der Waals surface area contributed by atoms with Crippen LogP contribution >= 0.6 is 15.9 Å². The summed E-state index contributed by atoms with van der Waals surface area (Å²) in [6.07, 6.45) is 2.17. The van der Waals surface area contributed by atoms with Gasteiger partial charge in [0.2, 0.25) is 0 Å². The van der Waals surface area contributed by atoms with Gasteiger partial charge in [0.1, 0.15) is 0 Å². The van der Waals surface area contributed by atoms with Crippen molar-refractivity contribution in [3.8, 4) is 0 Å². The first kappa shape index (κ1) is 17.7. The van der Waals surface area contributed by atoms with E-state index in [1.807, 2.05) is 7.05 Å². The van der Waals surface area contributed by atoms with Crippen molar-refractivity contribution in [3.63, 3.8) is 0 Å². The second-order valence-electron chi connectivity index (χ2n) is 6.84. The minimum absolute atomic E-state index is 0.319. The summed E-state index contributed by atoms with van der Waals surface area (Å²) in [4.78, 5) is 0. The zero-order valence-corrected chi connectivity index (χ0v) is 15.9. The fourth-order valence-corrected chi connectivity index (χ4v) is 2.88. The van der Waals surface area contributed by atoms with Crippen LogP contribution in [0, 0.1) is 6.92 Å². The fraction of sp³-hybridized carbons (Fsp3) is 0.529. The Hall–Kier alpha value is -0.615. The number of hydrogen-bond acceptors (Lipinski definition) is 3. The molecule has 0 unspecified atom stereocenters. The van der Waals surface area contributed by atoms with Crippen LogP contribution in [0.5, 0.6) is 0 Å². The summed E-state index contributed by atoms with van der Waals surface area (Å²) in [7, 11) is 1.62. The van der Waals surface area contributed by atoms with Gasteiger partial charge >= 0.3 is 7.12 Å². The van der Waals surface area contributed by atoms with Crippen molar-refractivity contribution >= 4 is 29.1 Å². The van der Waals surface area contributed by atoms with Crippen LogP contribution in [0.15, 0.2) is 28.1 Å². The lowest BCUT2D eigenvalue weighted by molar-refractivity contribution is 0.00578. The van der Waals surface area contributed by atoms with Gasteiger partial charge < -0.3 is 14.6 Å². The van der Waals surface area contributed by atoms with Gasteiger partial charge in [-0.15, -0.1) is 0 Å². The van der Waals surface area contributed by atoms with E-state index in [1.165, 1.54) is 11.1 Å². The predicted octanol–water partition coefficient (Wildman–Crippen LogP) is 3.99. The number of hydrogen-bond donors (Lipinski definition) is 1. The number of likely N-dealkylation sites (N-methyl/N-ethyl adjacent to an activating group) is 1. The highest BCUT2D eigenvalue weighted by Crippen LogP contribution is 2.38. The highest BCUT2D eigenvalue weighted by Gasteiger charge is 2.52. The molecule has 5 heteroatoms. The van der Waals surface area contributed by atoms with Gasteiger partial charge in [-0.05, 0) is 70.4 Å². The van der Waals surface area contributed by atoms with Crippen molar-refractivity contribution in [3.05, 3.63) is 39.3 Å². The van der Waals surface area contributed by atoms with Crippen molar-refractivity contribution in [1.29, 1.82) is 0 Å². The van der Waals surface area contributed by atoms with Crippen LogP contribution in [0.25, 0.3) is 6.08 Å². The molecule has 1 aliphatic rings. The number of nitrogens with one attached hydrogen (secondary N) is 1. The number of aryl methyl sites for hydroxylation is 1. The Balaban J connectivity index is 2.33. The van der Waals surface area contributed by atoms with Crippen molar-refractivity contribution in [2.75, 3.05) is 13.6 Å². The highest BCUT2D eigenvalue weighted by molar-refractivity contribution is 9.10. The Labute approximate surface area is 142 Å². The average Bonchev–Trinajstić information content (AvgIpc) is 2.61. The van der Waals surface area contributed by atoms with E-state index in [0.29, 0.717) is 0 Å². The van der Waals surface area contributed by atoms with Crippen LogP contribution in [0.2, 0.25) is 0 Å². The van der Waals surface area contributed by atoms with Gasteiger partial charge in [0.25, 0.3) is 0 Å². The first-order valence-corrected chi connectivity index (χ1v) is 8.42. The van der Waals surface area contributed by atoms with Crippen LogP contribution in [-0.2, 0) is 9.31 Å². The van der Waals surface area contributed by atoms with Gasteiger partial charge in [0.15, 0.2) is 0 Å². The van der Waals surface area contributed by atoms with Gasteiger partial charge in [0, 0.05) is 11.0 Å². The second-order valence-corrected chi connectivity index (χ2v) is 7.75. The molecule has 0 aromatic heterocycles.